The highest BCUT2D eigenvalue weighted by atomic mass is 35.5. The van der Waals surface area contributed by atoms with Gasteiger partial charge >= 0.3 is 0 Å². The molecule has 1 rings (SSSR count). The van der Waals surface area contributed by atoms with Gasteiger partial charge in [0.25, 0.3) is 0 Å². The second-order valence-electron chi connectivity index (χ2n) is 2.87. The first-order valence-corrected chi connectivity index (χ1v) is 3.69. The lowest BCUT2D eigenvalue weighted by Gasteiger charge is -2.35. The molecule has 0 saturated carbocycles. The van der Waals surface area contributed by atoms with Crippen LogP contribution in [0.25, 0.3) is 0 Å². The molecule has 0 aromatic heterocycles. The van der Waals surface area contributed by atoms with Crippen molar-refractivity contribution in [3.05, 3.63) is 23.5 Å². The van der Waals surface area contributed by atoms with E-state index in [0.717, 1.165) is 5.57 Å². The van der Waals surface area contributed by atoms with Gasteiger partial charge in [-0.3, -0.25) is 4.42 Å². The van der Waals surface area contributed by atoms with Crippen LogP contribution in [0.3, 0.4) is 0 Å². The van der Waals surface area contributed by atoms with Crippen molar-refractivity contribution in [3.63, 3.8) is 0 Å². The van der Waals surface area contributed by atoms with E-state index in [2.05, 4.69) is 0 Å². The molecule has 1 aliphatic heterocycles. The molecule has 11 heavy (non-hydrogen) atoms. The summed E-state index contributed by atoms with van der Waals surface area (Å²) in [5.41, 5.74) is 12.3. The fraction of sp³-hybridized carbons (Fsp3) is 0.429. The van der Waals surface area contributed by atoms with Crippen LogP contribution < -0.4 is 11.5 Å². The van der Waals surface area contributed by atoms with Crippen molar-refractivity contribution >= 4 is 11.8 Å². The van der Waals surface area contributed by atoms with Gasteiger partial charge in [-0.05, 0) is 25.5 Å². The van der Waals surface area contributed by atoms with Gasteiger partial charge in [0.05, 0.1) is 5.70 Å². The summed E-state index contributed by atoms with van der Waals surface area (Å²) in [5.74, 6) is 0. The molecular weight excluding hydrogens is 162 g/mol. The van der Waals surface area contributed by atoms with Gasteiger partial charge in [-0.1, -0.05) is 0 Å². The minimum atomic E-state index is -0.764. The summed E-state index contributed by atoms with van der Waals surface area (Å²) in [4.78, 5) is 0. The van der Waals surface area contributed by atoms with E-state index in [-0.39, 0.29) is 0 Å². The van der Waals surface area contributed by atoms with Crippen LogP contribution in [0.2, 0.25) is 0 Å². The van der Waals surface area contributed by atoms with Gasteiger partial charge in [0, 0.05) is 18.0 Å². The molecule has 0 aromatic carbocycles. The smallest absolute Gasteiger partial charge is 0.141 e. The highest BCUT2D eigenvalue weighted by molar-refractivity contribution is 6.14. The topological polar surface area (TPSA) is 55.3 Å². The van der Waals surface area contributed by atoms with Crippen LogP contribution >= 0.6 is 11.8 Å². The normalized spacial score (nSPS) is 31.5. The van der Waals surface area contributed by atoms with Crippen molar-refractivity contribution in [2.45, 2.75) is 19.5 Å². The van der Waals surface area contributed by atoms with Crippen LogP contribution in [-0.2, 0) is 0 Å². The summed E-state index contributed by atoms with van der Waals surface area (Å²) >= 11 is 5.78. The van der Waals surface area contributed by atoms with Gasteiger partial charge in [0.1, 0.15) is 5.66 Å². The van der Waals surface area contributed by atoms with E-state index in [1.165, 1.54) is 4.42 Å². The highest BCUT2D eigenvalue weighted by Gasteiger charge is 2.30. The number of nitrogens with zero attached hydrogens (tertiary/aromatic N) is 1. The maximum absolute atomic E-state index is 5.82. The lowest BCUT2D eigenvalue weighted by Crippen LogP contribution is -2.52. The Morgan fingerprint density at radius 1 is 1.64 bits per heavy atom. The van der Waals surface area contributed by atoms with E-state index >= 15 is 0 Å². The molecule has 1 heterocycles. The molecular formula is C7H12ClN3. The number of hydrogen-bond donors (Lipinski definition) is 2. The van der Waals surface area contributed by atoms with Crippen LogP contribution in [-0.4, -0.2) is 10.1 Å². The van der Waals surface area contributed by atoms with Crippen LogP contribution in [0.4, 0.5) is 0 Å². The van der Waals surface area contributed by atoms with Gasteiger partial charge in [0.15, 0.2) is 0 Å². The number of nitrogens with two attached hydrogens (primary N) is 2. The Morgan fingerprint density at radius 2 is 2.18 bits per heavy atom. The van der Waals surface area contributed by atoms with Crippen LogP contribution in [0, 0.1) is 0 Å². The highest BCUT2D eigenvalue weighted by Crippen LogP contribution is 2.25. The first-order valence-electron chi connectivity index (χ1n) is 3.35. The molecule has 0 amide bonds. The number of rotatable bonds is 0. The molecule has 0 saturated heterocycles. The lowest BCUT2D eigenvalue weighted by atomic mass is 10.0. The molecule has 3 nitrogen and oxygen atoms in total. The maximum Gasteiger partial charge on any atom is 0.141 e. The Bertz CT molecular complexity index is 230. The predicted molar refractivity (Wildman–Crippen MR) is 46.3 cm³/mol. The zero-order valence-electron chi connectivity index (χ0n) is 6.63. The number of hydrogen-bond acceptors (Lipinski definition) is 3. The zero-order chi connectivity index (χ0) is 8.65. The molecule has 1 atom stereocenters. The molecule has 0 radical (unpaired) electrons. The van der Waals surface area contributed by atoms with Crippen LogP contribution in [0.1, 0.15) is 13.8 Å². The van der Waals surface area contributed by atoms with Gasteiger partial charge in [0.2, 0.25) is 0 Å². The van der Waals surface area contributed by atoms with Gasteiger partial charge in [-0.2, -0.15) is 0 Å². The fourth-order valence-corrected chi connectivity index (χ4v) is 1.08. The van der Waals surface area contributed by atoms with Crippen molar-refractivity contribution in [2.75, 3.05) is 0 Å². The Kier molecular flexibility index (Phi) is 1.86. The molecule has 4 heteroatoms. The molecule has 1 unspecified atom stereocenters. The Labute approximate surface area is 71.4 Å². The van der Waals surface area contributed by atoms with Crippen molar-refractivity contribution in [1.29, 1.82) is 0 Å². The molecule has 0 aromatic rings. The first-order chi connectivity index (χ1) is 4.96. The second kappa shape index (κ2) is 2.43. The van der Waals surface area contributed by atoms with Crippen molar-refractivity contribution < 1.29 is 0 Å². The third-order valence-corrected chi connectivity index (χ3v) is 2.33. The fourth-order valence-electron chi connectivity index (χ4n) is 0.936. The standard InChI is InChI=1S/C7H12ClN3/c1-5-3-4-11(8)7(2,10)6(5)9/h3-4H,9-10H2,1-2H3. The predicted octanol–water partition coefficient (Wildman–Crippen LogP) is 0.877. The summed E-state index contributed by atoms with van der Waals surface area (Å²) < 4.78 is 1.37. The summed E-state index contributed by atoms with van der Waals surface area (Å²) in [5, 5.41) is 0. The molecule has 4 N–H and O–H groups in total. The monoisotopic (exact) mass is 173 g/mol. The summed E-state index contributed by atoms with van der Waals surface area (Å²) in [6.07, 6.45) is 3.53. The average molecular weight is 174 g/mol. The number of allylic oxidation sites excluding steroid dienone is 2. The molecule has 0 bridgehead atoms. The second-order valence-corrected chi connectivity index (χ2v) is 3.24. The minimum Gasteiger partial charge on any atom is -0.399 e. The van der Waals surface area contributed by atoms with Gasteiger partial charge in [-0.25, -0.2) is 0 Å². The van der Waals surface area contributed by atoms with Crippen molar-refractivity contribution in [3.8, 4) is 0 Å². The minimum absolute atomic E-state index is 0.606. The Hall–Kier alpha value is -0.670. The molecule has 1 aliphatic rings. The van der Waals surface area contributed by atoms with Crippen molar-refractivity contribution in [2.24, 2.45) is 11.5 Å². The van der Waals surface area contributed by atoms with E-state index in [1.54, 1.807) is 13.1 Å². The van der Waals surface area contributed by atoms with E-state index in [0.29, 0.717) is 5.70 Å². The maximum atomic E-state index is 5.82. The largest absolute Gasteiger partial charge is 0.399 e. The third-order valence-electron chi connectivity index (χ3n) is 1.87. The lowest BCUT2D eigenvalue weighted by molar-refractivity contribution is 0.329. The summed E-state index contributed by atoms with van der Waals surface area (Å²) in [6.45, 7) is 3.67. The summed E-state index contributed by atoms with van der Waals surface area (Å²) in [7, 11) is 0. The first kappa shape index (κ1) is 8.43. The quantitative estimate of drug-likeness (QED) is 0.535. The van der Waals surface area contributed by atoms with Crippen LogP contribution in [0.5, 0.6) is 0 Å². The summed E-state index contributed by atoms with van der Waals surface area (Å²) in [6, 6.07) is 0. The van der Waals surface area contributed by atoms with E-state index in [4.69, 9.17) is 23.2 Å². The van der Waals surface area contributed by atoms with Crippen LogP contribution in [0.15, 0.2) is 23.5 Å². The zero-order valence-corrected chi connectivity index (χ0v) is 7.39. The molecule has 0 fully saturated rings. The van der Waals surface area contributed by atoms with Gasteiger partial charge < -0.3 is 11.5 Å². The molecule has 0 aliphatic carbocycles. The average Bonchev–Trinajstić information content (AvgIpc) is 1.95. The molecule has 0 spiro atoms. The third kappa shape index (κ3) is 1.21. The Balaban J connectivity index is 3.07. The van der Waals surface area contributed by atoms with E-state index in [1.807, 2.05) is 13.0 Å². The molecule has 62 valence electrons. The SMILES string of the molecule is CC1=C(N)C(C)(N)N(Cl)C=C1. The van der Waals surface area contributed by atoms with Gasteiger partial charge in [-0.15, -0.1) is 0 Å². The van der Waals surface area contributed by atoms with Crippen molar-refractivity contribution in [1.82, 2.24) is 4.42 Å². The van der Waals surface area contributed by atoms with E-state index in [9.17, 15) is 0 Å². The Morgan fingerprint density at radius 3 is 2.64 bits per heavy atom. The van der Waals surface area contributed by atoms with E-state index < -0.39 is 5.66 Å². The number of halogens is 1.